The number of anilines is 1. The summed E-state index contributed by atoms with van der Waals surface area (Å²) in [6, 6.07) is 11.0. The molecule has 0 spiro atoms. The number of nitrogens with zero attached hydrogens (tertiary/aromatic N) is 3. The molecule has 4 rings (SSSR count). The van der Waals surface area contributed by atoms with Crippen molar-refractivity contribution in [2.75, 3.05) is 18.4 Å². The Balaban J connectivity index is 1.69. The zero-order valence-electron chi connectivity index (χ0n) is 14.7. The largest absolute Gasteiger partial charge is 0.336 e. The van der Waals surface area contributed by atoms with Crippen LogP contribution in [0.2, 0.25) is 0 Å². The highest BCUT2D eigenvalue weighted by atomic mass is 19.1. The molecule has 0 aliphatic carbocycles. The summed E-state index contributed by atoms with van der Waals surface area (Å²) >= 11 is 0. The van der Waals surface area contributed by atoms with Crippen molar-refractivity contribution >= 4 is 23.0 Å². The first-order valence-corrected chi connectivity index (χ1v) is 8.97. The topological polar surface area (TPSA) is 66.7 Å². The number of piperidine rings is 1. The van der Waals surface area contributed by atoms with Gasteiger partial charge in [0, 0.05) is 25.0 Å². The van der Waals surface area contributed by atoms with Crippen molar-refractivity contribution in [2.45, 2.75) is 19.3 Å². The number of benzene rings is 1. The van der Waals surface area contributed by atoms with E-state index >= 15 is 0 Å². The molecule has 0 saturated carbocycles. The fourth-order valence-electron chi connectivity index (χ4n) is 3.35. The van der Waals surface area contributed by atoms with Crippen molar-refractivity contribution in [3.05, 3.63) is 66.0 Å². The number of fused-ring (bicyclic) bond motifs is 1. The summed E-state index contributed by atoms with van der Waals surface area (Å²) < 4.78 is 15.0. The molecule has 138 valence electrons. The fraction of sp³-hybridized carbons (Fsp3) is 0.250. The van der Waals surface area contributed by atoms with Crippen LogP contribution in [0.3, 0.4) is 0 Å². The number of carbonyl (C=O) groups excluding carboxylic acids is 2. The van der Waals surface area contributed by atoms with Gasteiger partial charge in [-0.2, -0.15) is 0 Å². The molecule has 0 unspecified atom stereocenters. The first kappa shape index (κ1) is 17.2. The Morgan fingerprint density at radius 2 is 1.85 bits per heavy atom. The molecule has 0 atom stereocenters. The number of rotatable bonds is 3. The third kappa shape index (κ3) is 3.40. The second kappa shape index (κ2) is 7.19. The Morgan fingerprint density at radius 1 is 1.04 bits per heavy atom. The minimum atomic E-state index is -0.484. The van der Waals surface area contributed by atoms with Crippen molar-refractivity contribution < 1.29 is 14.0 Å². The molecule has 1 saturated heterocycles. The molecule has 1 N–H and O–H groups in total. The molecule has 2 aromatic heterocycles. The molecule has 7 heteroatoms. The van der Waals surface area contributed by atoms with E-state index in [1.165, 1.54) is 18.2 Å². The Hall–Kier alpha value is -3.22. The monoisotopic (exact) mass is 366 g/mol. The van der Waals surface area contributed by atoms with Gasteiger partial charge in [-0.15, -0.1) is 0 Å². The lowest BCUT2D eigenvalue weighted by Crippen LogP contribution is -2.36. The van der Waals surface area contributed by atoms with Crippen LogP contribution in [0, 0.1) is 5.82 Å². The second-order valence-corrected chi connectivity index (χ2v) is 6.56. The molecule has 1 aromatic carbocycles. The number of carbonyl (C=O) groups is 2. The fourth-order valence-corrected chi connectivity index (χ4v) is 3.35. The van der Waals surface area contributed by atoms with Crippen molar-refractivity contribution in [1.82, 2.24) is 14.3 Å². The molecule has 3 aromatic rings. The van der Waals surface area contributed by atoms with Crippen LogP contribution < -0.4 is 5.32 Å². The Labute approximate surface area is 155 Å². The lowest BCUT2D eigenvalue weighted by Gasteiger charge is -2.25. The van der Waals surface area contributed by atoms with Crippen LogP contribution in [-0.4, -0.2) is 39.2 Å². The predicted octanol–water partition coefficient (Wildman–Crippen LogP) is 3.35. The molecule has 1 fully saturated rings. The van der Waals surface area contributed by atoms with E-state index in [1.54, 1.807) is 39.8 Å². The van der Waals surface area contributed by atoms with Crippen molar-refractivity contribution in [3.8, 4) is 0 Å². The third-order valence-corrected chi connectivity index (χ3v) is 4.68. The molecular formula is C20H19FN4O2. The van der Waals surface area contributed by atoms with Crippen molar-refractivity contribution in [3.63, 3.8) is 0 Å². The maximum Gasteiger partial charge on any atom is 0.290 e. The minimum Gasteiger partial charge on any atom is -0.336 e. The van der Waals surface area contributed by atoms with E-state index in [9.17, 15) is 14.0 Å². The predicted molar refractivity (Wildman–Crippen MR) is 99.3 cm³/mol. The van der Waals surface area contributed by atoms with Crippen molar-refractivity contribution in [1.29, 1.82) is 0 Å². The van der Waals surface area contributed by atoms with E-state index in [2.05, 4.69) is 10.3 Å². The number of likely N-dealkylation sites (tertiary alicyclic amines) is 1. The lowest BCUT2D eigenvalue weighted by atomic mass is 10.1. The highest BCUT2D eigenvalue weighted by molar-refractivity contribution is 6.08. The smallest absolute Gasteiger partial charge is 0.290 e. The minimum absolute atomic E-state index is 0.139. The number of halogens is 1. The zero-order chi connectivity index (χ0) is 18.8. The summed E-state index contributed by atoms with van der Waals surface area (Å²) in [6.07, 6.45) is 4.79. The summed E-state index contributed by atoms with van der Waals surface area (Å²) in [5, 5.41) is 2.64. The average molecular weight is 366 g/mol. The van der Waals surface area contributed by atoms with Crippen LogP contribution in [0.25, 0.3) is 5.52 Å². The summed E-state index contributed by atoms with van der Waals surface area (Å²) in [7, 11) is 0. The molecule has 3 heterocycles. The molecule has 0 bridgehead atoms. The standard InChI is InChI=1S/C20H19FN4O2/c21-14-7-6-8-15(13-14)22-19(26)17-16-9-2-5-12-25(16)18(23-17)20(27)24-10-3-1-4-11-24/h2,5-9,12-13H,1,3-4,10-11H2,(H,22,26). The van der Waals surface area contributed by atoms with Gasteiger partial charge in [-0.1, -0.05) is 12.1 Å². The molecule has 27 heavy (non-hydrogen) atoms. The van der Waals surface area contributed by atoms with Crippen LogP contribution in [0.5, 0.6) is 0 Å². The van der Waals surface area contributed by atoms with Gasteiger partial charge in [-0.05, 0) is 49.6 Å². The van der Waals surface area contributed by atoms with Gasteiger partial charge in [-0.25, -0.2) is 9.37 Å². The second-order valence-electron chi connectivity index (χ2n) is 6.56. The van der Waals surface area contributed by atoms with E-state index in [0.717, 1.165) is 19.3 Å². The van der Waals surface area contributed by atoms with Gasteiger partial charge >= 0.3 is 0 Å². The van der Waals surface area contributed by atoms with Gasteiger partial charge in [0.15, 0.2) is 5.69 Å². The average Bonchev–Trinajstić information content (AvgIpc) is 3.08. The maximum atomic E-state index is 13.4. The highest BCUT2D eigenvalue weighted by Gasteiger charge is 2.26. The summed E-state index contributed by atoms with van der Waals surface area (Å²) in [5.74, 6) is -0.886. The van der Waals surface area contributed by atoms with Gasteiger partial charge in [0.05, 0.1) is 5.52 Å². The van der Waals surface area contributed by atoms with E-state index in [0.29, 0.717) is 24.3 Å². The molecular weight excluding hydrogens is 347 g/mol. The Kier molecular flexibility index (Phi) is 4.58. The van der Waals surface area contributed by atoms with Crippen LogP contribution in [-0.2, 0) is 0 Å². The molecule has 0 radical (unpaired) electrons. The normalized spacial score (nSPS) is 14.3. The van der Waals surface area contributed by atoms with Gasteiger partial charge < -0.3 is 10.2 Å². The quantitative estimate of drug-likeness (QED) is 0.773. The number of pyridine rings is 1. The van der Waals surface area contributed by atoms with Crippen LogP contribution >= 0.6 is 0 Å². The van der Waals surface area contributed by atoms with Gasteiger partial charge in [0.25, 0.3) is 11.8 Å². The maximum absolute atomic E-state index is 13.4. The first-order valence-electron chi connectivity index (χ1n) is 8.97. The van der Waals surface area contributed by atoms with E-state index in [4.69, 9.17) is 0 Å². The number of hydrogen-bond acceptors (Lipinski definition) is 3. The summed E-state index contributed by atoms with van der Waals surface area (Å²) in [4.78, 5) is 31.8. The Bertz CT molecular complexity index is 1010. The SMILES string of the molecule is O=C(Nc1cccc(F)c1)c1nc(C(=O)N2CCCCC2)n2ccccc12. The molecule has 1 aliphatic rings. The number of nitrogens with one attached hydrogen (secondary N) is 1. The van der Waals surface area contributed by atoms with Gasteiger partial charge in [0.2, 0.25) is 5.82 Å². The molecule has 2 amide bonds. The van der Waals surface area contributed by atoms with Crippen LogP contribution in [0.1, 0.15) is 40.4 Å². The molecule has 1 aliphatic heterocycles. The number of aromatic nitrogens is 2. The van der Waals surface area contributed by atoms with Crippen molar-refractivity contribution in [2.24, 2.45) is 0 Å². The third-order valence-electron chi connectivity index (χ3n) is 4.68. The lowest BCUT2D eigenvalue weighted by molar-refractivity contribution is 0.0711. The Morgan fingerprint density at radius 3 is 2.63 bits per heavy atom. The zero-order valence-corrected chi connectivity index (χ0v) is 14.7. The first-order chi connectivity index (χ1) is 13.1. The summed E-state index contributed by atoms with van der Waals surface area (Å²) in [6.45, 7) is 1.40. The number of amides is 2. The van der Waals surface area contributed by atoms with Crippen LogP contribution in [0.4, 0.5) is 10.1 Å². The van der Waals surface area contributed by atoms with Crippen LogP contribution in [0.15, 0.2) is 48.7 Å². The molecule has 6 nitrogen and oxygen atoms in total. The van der Waals surface area contributed by atoms with E-state index in [-0.39, 0.29) is 17.4 Å². The number of imidazole rings is 1. The van der Waals surface area contributed by atoms with E-state index in [1.807, 2.05) is 0 Å². The van der Waals surface area contributed by atoms with E-state index < -0.39 is 11.7 Å². The summed E-state index contributed by atoms with van der Waals surface area (Å²) in [5.41, 5.74) is 1.01. The van der Waals surface area contributed by atoms with Gasteiger partial charge in [0.1, 0.15) is 5.82 Å². The highest BCUT2D eigenvalue weighted by Crippen LogP contribution is 2.19. The number of hydrogen-bond donors (Lipinski definition) is 1. The van der Waals surface area contributed by atoms with Gasteiger partial charge in [-0.3, -0.25) is 14.0 Å².